The summed E-state index contributed by atoms with van der Waals surface area (Å²) in [5, 5.41) is 1.11. The first-order valence-corrected chi connectivity index (χ1v) is 6.55. The number of hydrogen-bond acceptors (Lipinski definition) is 1. The summed E-state index contributed by atoms with van der Waals surface area (Å²) in [5.74, 6) is 0.0606. The summed E-state index contributed by atoms with van der Waals surface area (Å²) in [7, 11) is 0. The van der Waals surface area contributed by atoms with Gasteiger partial charge in [-0.15, -0.1) is 0 Å². The van der Waals surface area contributed by atoms with Crippen molar-refractivity contribution in [2.45, 2.75) is 46.0 Å². The first-order valence-electron chi connectivity index (χ1n) is 5.80. The summed E-state index contributed by atoms with van der Waals surface area (Å²) in [4.78, 5) is 12.0. The number of benzene rings is 1. The maximum absolute atomic E-state index is 12.0. The molecular formula is C14H18Cl2O. The van der Waals surface area contributed by atoms with E-state index in [1.54, 1.807) is 6.07 Å². The molecule has 0 heterocycles. The van der Waals surface area contributed by atoms with Gasteiger partial charge in [-0.3, -0.25) is 4.79 Å². The Morgan fingerprint density at radius 2 is 1.82 bits per heavy atom. The van der Waals surface area contributed by atoms with Crippen molar-refractivity contribution in [3.05, 3.63) is 33.3 Å². The zero-order valence-corrected chi connectivity index (χ0v) is 12.2. The highest BCUT2D eigenvalue weighted by atomic mass is 35.5. The lowest BCUT2D eigenvalue weighted by Crippen LogP contribution is -2.14. The van der Waals surface area contributed by atoms with E-state index in [9.17, 15) is 4.79 Å². The average Bonchev–Trinajstić information content (AvgIpc) is 2.19. The number of ketones is 1. The molecule has 0 radical (unpaired) electrons. The molecule has 1 aromatic carbocycles. The quantitative estimate of drug-likeness (QED) is 0.685. The van der Waals surface area contributed by atoms with Crippen LogP contribution in [-0.2, 0) is 5.41 Å². The van der Waals surface area contributed by atoms with Crippen molar-refractivity contribution in [3.8, 4) is 0 Å². The Labute approximate surface area is 113 Å². The molecule has 0 bridgehead atoms. The van der Waals surface area contributed by atoms with Crippen LogP contribution in [-0.4, -0.2) is 5.78 Å². The Balaban J connectivity index is 3.34. The van der Waals surface area contributed by atoms with Crippen LogP contribution in [0.25, 0.3) is 0 Å². The highest BCUT2D eigenvalue weighted by Crippen LogP contribution is 2.35. The SMILES string of the molecule is CCCC(=O)c1cc(Cl)cc(C(C)(C)C)c1Cl. The molecule has 0 aliphatic heterocycles. The van der Waals surface area contributed by atoms with Crippen molar-refractivity contribution in [2.24, 2.45) is 0 Å². The van der Waals surface area contributed by atoms with Crippen LogP contribution < -0.4 is 0 Å². The van der Waals surface area contributed by atoms with E-state index in [1.807, 2.05) is 13.0 Å². The maximum atomic E-state index is 12.0. The van der Waals surface area contributed by atoms with Gasteiger partial charge >= 0.3 is 0 Å². The van der Waals surface area contributed by atoms with Crippen LogP contribution in [0.2, 0.25) is 10.0 Å². The van der Waals surface area contributed by atoms with E-state index in [-0.39, 0.29) is 11.2 Å². The maximum Gasteiger partial charge on any atom is 0.164 e. The molecular weight excluding hydrogens is 255 g/mol. The molecule has 0 amide bonds. The van der Waals surface area contributed by atoms with Gasteiger partial charge in [0.15, 0.2) is 5.78 Å². The van der Waals surface area contributed by atoms with Gasteiger partial charge < -0.3 is 0 Å². The Morgan fingerprint density at radius 1 is 1.24 bits per heavy atom. The van der Waals surface area contributed by atoms with E-state index in [1.165, 1.54) is 0 Å². The lowest BCUT2D eigenvalue weighted by Gasteiger charge is -2.22. The Hall–Kier alpha value is -0.530. The standard InChI is InChI=1S/C14H18Cl2O/c1-5-6-12(17)10-7-9(15)8-11(13(10)16)14(2,3)4/h7-8H,5-6H2,1-4H3. The third-order valence-corrected chi connectivity index (χ3v) is 3.25. The zero-order valence-electron chi connectivity index (χ0n) is 10.7. The van der Waals surface area contributed by atoms with Crippen LogP contribution in [0.4, 0.5) is 0 Å². The minimum absolute atomic E-state index is 0.0606. The lowest BCUT2D eigenvalue weighted by atomic mass is 9.85. The molecule has 0 unspecified atom stereocenters. The van der Waals surface area contributed by atoms with Gasteiger partial charge in [0.05, 0.1) is 5.02 Å². The van der Waals surface area contributed by atoms with Gasteiger partial charge in [0.1, 0.15) is 0 Å². The number of halogens is 2. The smallest absolute Gasteiger partial charge is 0.164 e. The van der Waals surface area contributed by atoms with Gasteiger partial charge in [0.25, 0.3) is 0 Å². The first-order chi connectivity index (χ1) is 7.77. The van der Waals surface area contributed by atoms with E-state index in [4.69, 9.17) is 23.2 Å². The minimum Gasteiger partial charge on any atom is -0.294 e. The van der Waals surface area contributed by atoms with Gasteiger partial charge in [-0.2, -0.15) is 0 Å². The monoisotopic (exact) mass is 272 g/mol. The molecule has 0 spiro atoms. The molecule has 1 rings (SSSR count). The highest BCUT2D eigenvalue weighted by Gasteiger charge is 2.22. The third kappa shape index (κ3) is 3.46. The lowest BCUT2D eigenvalue weighted by molar-refractivity contribution is 0.0982. The molecule has 94 valence electrons. The molecule has 0 aliphatic rings. The summed E-state index contributed by atoms with van der Waals surface area (Å²) >= 11 is 12.4. The number of carbonyl (C=O) groups is 1. The van der Waals surface area contributed by atoms with Gasteiger partial charge in [-0.25, -0.2) is 0 Å². The van der Waals surface area contributed by atoms with E-state index >= 15 is 0 Å². The summed E-state index contributed by atoms with van der Waals surface area (Å²) in [6.07, 6.45) is 1.32. The van der Waals surface area contributed by atoms with Crippen molar-refractivity contribution in [1.29, 1.82) is 0 Å². The van der Waals surface area contributed by atoms with Crippen molar-refractivity contribution < 1.29 is 4.79 Å². The van der Waals surface area contributed by atoms with E-state index in [0.717, 1.165) is 12.0 Å². The van der Waals surface area contributed by atoms with Crippen LogP contribution in [0.3, 0.4) is 0 Å². The second-order valence-electron chi connectivity index (χ2n) is 5.24. The summed E-state index contributed by atoms with van der Waals surface area (Å²) in [6, 6.07) is 3.50. The van der Waals surface area contributed by atoms with Crippen molar-refractivity contribution >= 4 is 29.0 Å². The van der Waals surface area contributed by atoms with Gasteiger partial charge in [0, 0.05) is 17.0 Å². The van der Waals surface area contributed by atoms with E-state index in [0.29, 0.717) is 22.0 Å². The van der Waals surface area contributed by atoms with Crippen LogP contribution in [0.5, 0.6) is 0 Å². The summed E-state index contributed by atoms with van der Waals surface area (Å²) < 4.78 is 0. The van der Waals surface area contributed by atoms with Crippen LogP contribution >= 0.6 is 23.2 Å². The number of Topliss-reactive ketones (excluding diaryl/α,β-unsaturated/α-hetero) is 1. The van der Waals surface area contributed by atoms with Crippen LogP contribution in [0.1, 0.15) is 56.5 Å². The second kappa shape index (κ2) is 5.41. The molecule has 0 N–H and O–H groups in total. The molecule has 0 aliphatic carbocycles. The van der Waals surface area contributed by atoms with Crippen molar-refractivity contribution in [2.75, 3.05) is 0 Å². The Bertz CT molecular complexity index is 431. The topological polar surface area (TPSA) is 17.1 Å². The fourth-order valence-corrected chi connectivity index (χ4v) is 2.42. The average molecular weight is 273 g/mol. The van der Waals surface area contributed by atoms with Gasteiger partial charge in [-0.05, 0) is 29.5 Å². The predicted octanol–water partition coefficient (Wildman–Crippen LogP) is 5.27. The summed E-state index contributed by atoms with van der Waals surface area (Å²) in [6.45, 7) is 8.14. The molecule has 0 saturated carbocycles. The van der Waals surface area contributed by atoms with Crippen LogP contribution in [0.15, 0.2) is 12.1 Å². The molecule has 0 saturated heterocycles. The van der Waals surface area contributed by atoms with Crippen molar-refractivity contribution in [3.63, 3.8) is 0 Å². The normalized spacial score (nSPS) is 11.6. The number of carbonyl (C=O) groups excluding carboxylic acids is 1. The third-order valence-electron chi connectivity index (χ3n) is 2.62. The fraction of sp³-hybridized carbons (Fsp3) is 0.500. The Morgan fingerprint density at radius 3 is 2.29 bits per heavy atom. The molecule has 0 atom stereocenters. The molecule has 17 heavy (non-hydrogen) atoms. The largest absolute Gasteiger partial charge is 0.294 e. The van der Waals surface area contributed by atoms with Gasteiger partial charge in [0.2, 0.25) is 0 Å². The first kappa shape index (κ1) is 14.5. The predicted molar refractivity (Wildman–Crippen MR) is 74.4 cm³/mol. The molecule has 0 aromatic heterocycles. The minimum atomic E-state index is -0.122. The molecule has 0 fully saturated rings. The second-order valence-corrected chi connectivity index (χ2v) is 6.05. The Kier molecular flexibility index (Phi) is 4.62. The molecule has 1 nitrogen and oxygen atoms in total. The number of hydrogen-bond donors (Lipinski definition) is 0. The zero-order chi connectivity index (χ0) is 13.2. The molecule has 1 aromatic rings. The van der Waals surface area contributed by atoms with Crippen LogP contribution in [0, 0.1) is 0 Å². The number of rotatable bonds is 3. The van der Waals surface area contributed by atoms with Gasteiger partial charge in [-0.1, -0.05) is 50.9 Å². The highest BCUT2D eigenvalue weighted by molar-refractivity contribution is 6.36. The molecule has 3 heteroatoms. The van der Waals surface area contributed by atoms with E-state index in [2.05, 4.69) is 20.8 Å². The van der Waals surface area contributed by atoms with Crippen molar-refractivity contribution in [1.82, 2.24) is 0 Å². The van der Waals surface area contributed by atoms with E-state index < -0.39 is 0 Å². The summed E-state index contributed by atoms with van der Waals surface area (Å²) in [5.41, 5.74) is 1.35. The fourth-order valence-electron chi connectivity index (χ4n) is 1.70.